The van der Waals surface area contributed by atoms with E-state index in [0.717, 1.165) is 68.8 Å². The number of pyridine rings is 1. The summed E-state index contributed by atoms with van der Waals surface area (Å²) >= 11 is 0. The normalized spacial score (nSPS) is 18.0. The van der Waals surface area contributed by atoms with E-state index >= 15 is 0 Å². The second kappa shape index (κ2) is 10.7. The van der Waals surface area contributed by atoms with Crippen LogP contribution in [0.25, 0.3) is 28.2 Å². The maximum atomic E-state index is 13.8. The van der Waals surface area contributed by atoms with Crippen LogP contribution in [-0.4, -0.2) is 40.9 Å². The van der Waals surface area contributed by atoms with E-state index < -0.39 is 17.7 Å². The molecule has 10 heteroatoms. The van der Waals surface area contributed by atoms with E-state index in [-0.39, 0.29) is 28.3 Å². The molecule has 2 aliphatic carbocycles. The number of carbonyl (C=O) groups is 1. The van der Waals surface area contributed by atoms with Crippen LogP contribution in [0.1, 0.15) is 78.7 Å². The van der Waals surface area contributed by atoms with E-state index in [4.69, 9.17) is 9.26 Å². The topological polar surface area (TPSA) is 88.7 Å². The Morgan fingerprint density at radius 3 is 2.57 bits per heavy atom. The van der Waals surface area contributed by atoms with Crippen molar-refractivity contribution in [2.24, 2.45) is 5.41 Å². The third-order valence-corrected chi connectivity index (χ3v) is 9.21. The van der Waals surface area contributed by atoms with Gasteiger partial charge in [-0.15, -0.1) is 0 Å². The van der Waals surface area contributed by atoms with E-state index in [1.807, 2.05) is 31.2 Å². The van der Waals surface area contributed by atoms with Gasteiger partial charge >= 0.3 is 12.1 Å². The first-order valence-corrected chi connectivity index (χ1v) is 15.1. The minimum atomic E-state index is -4.48. The number of alkyl halides is 3. The number of halogens is 3. The Morgan fingerprint density at radius 1 is 1.14 bits per heavy atom. The van der Waals surface area contributed by atoms with E-state index in [1.54, 1.807) is 6.07 Å². The number of piperidine rings is 1. The number of aromatic carboxylic acids is 1. The highest BCUT2D eigenvalue weighted by Gasteiger charge is 2.44. The van der Waals surface area contributed by atoms with Crippen LogP contribution in [-0.2, 0) is 6.18 Å². The third kappa shape index (κ3) is 5.20. The van der Waals surface area contributed by atoms with Crippen molar-refractivity contribution in [1.82, 2.24) is 10.1 Å². The molecule has 0 amide bonds. The summed E-state index contributed by atoms with van der Waals surface area (Å²) in [6.45, 7) is 4.01. The van der Waals surface area contributed by atoms with Gasteiger partial charge in [0.15, 0.2) is 5.69 Å². The van der Waals surface area contributed by atoms with Crippen LogP contribution < -0.4 is 9.64 Å². The van der Waals surface area contributed by atoms with Crippen molar-refractivity contribution in [1.29, 1.82) is 0 Å². The zero-order valence-electron chi connectivity index (χ0n) is 24.3. The Kier molecular flexibility index (Phi) is 6.90. The smallest absolute Gasteiger partial charge is 0.417 e. The van der Waals surface area contributed by atoms with Crippen LogP contribution >= 0.6 is 0 Å². The highest BCUT2D eigenvalue weighted by Crippen LogP contribution is 2.54. The monoisotopic (exact) mass is 603 g/mol. The molecule has 1 spiro atoms. The molecule has 7 nitrogen and oxygen atoms in total. The number of aromatic nitrogens is 2. The summed E-state index contributed by atoms with van der Waals surface area (Å²) in [5.74, 6) is 0.334. The standard InChI is InChI=1S/C34H32F3N3O4/c1-2-43-29-17-28(32(41)42)38-27-10-9-22(16-24(27)29)40-13-11-33(12-14-40)18-20(19-33)15-25-30(39-44-31(25)21-7-8-21)23-5-3-4-6-26(23)34(35,36)37/h3-6,9-10,15-17,21H,2,7-8,11-14,18-19H2,1H3,(H,41,42). The number of rotatable bonds is 7. The van der Waals surface area contributed by atoms with Crippen LogP contribution in [0, 0.1) is 5.41 Å². The summed E-state index contributed by atoms with van der Waals surface area (Å²) in [7, 11) is 0. The molecule has 3 fully saturated rings. The molecule has 3 aliphatic rings. The molecule has 0 bridgehead atoms. The van der Waals surface area contributed by atoms with Crippen molar-refractivity contribution in [3.05, 3.63) is 76.7 Å². The summed E-state index contributed by atoms with van der Waals surface area (Å²) in [4.78, 5) is 18.1. The fourth-order valence-electron chi connectivity index (χ4n) is 6.79. The summed E-state index contributed by atoms with van der Waals surface area (Å²) in [6, 6.07) is 12.9. The first-order valence-electron chi connectivity index (χ1n) is 15.1. The van der Waals surface area contributed by atoms with Gasteiger partial charge in [0.05, 0.1) is 17.7 Å². The van der Waals surface area contributed by atoms with Crippen molar-refractivity contribution in [3.63, 3.8) is 0 Å². The van der Waals surface area contributed by atoms with Crippen molar-refractivity contribution >= 4 is 28.6 Å². The number of carboxylic acid groups (broad SMARTS) is 1. The number of allylic oxidation sites excluding steroid dienone is 1. The van der Waals surface area contributed by atoms with Gasteiger partial charge in [-0.3, -0.25) is 0 Å². The Bertz CT molecular complexity index is 1770. The second-order valence-electron chi connectivity index (χ2n) is 12.2. The molecule has 0 unspecified atom stereocenters. The molecular formula is C34H32F3N3O4. The number of benzene rings is 2. The first kappa shape index (κ1) is 28.4. The minimum absolute atomic E-state index is 0.0467. The van der Waals surface area contributed by atoms with Gasteiger partial charge in [-0.05, 0) is 81.2 Å². The maximum absolute atomic E-state index is 13.8. The van der Waals surface area contributed by atoms with Crippen molar-refractivity contribution in [3.8, 4) is 17.0 Å². The summed E-state index contributed by atoms with van der Waals surface area (Å²) in [5.41, 5.74) is 3.30. The van der Waals surface area contributed by atoms with Gasteiger partial charge in [0, 0.05) is 47.3 Å². The average molecular weight is 604 g/mol. The minimum Gasteiger partial charge on any atom is -0.493 e. The van der Waals surface area contributed by atoms with Crippen molar-refractivity contribution < 1.29 is 32.3 Å². The van der Waals surface area contributed by atoms with Gasteiger partial charge < -0.3 is 19.3 Å². The number of hydrogen-bond donors (Lipinski definition) is 1. The maximum Gasteiger partial charge on any atom is 0.417 e. The Hall–Kier alpha value is -4.34. The van der Waals surface area contributed by atoms with Gasteiger partial charge in [-0.2, -0.15) is 13.2 Å². The van der Waals surface area contributed by atoms with Crippen LogP contribution in [0.2, 0.25) is 0 Å². The largest absolute Gasteiger partial charge is 0.493 e. The molecule has 4 aromatic rings. The zero-order valence-corrected chi connectivity index (χ0v) is 24.3. The van der Waals surface area contributed by atoms with E-state index in [0.29, 0.717) is 29.2 Å². The SMILES string of the molecule is CCOc1cc(C(=O)O)nc2ccc(N3CCC4(CC3)CC(=Cc3c(-c5ccccc5C(F)(F)F)noc3C3CC3)C4)cc12. The van der Waals surface area contributed by atoms with Crippen molar-refractivity contribution in [2.75, 3.05) is 24.6 Å². The number of carboxylic acids is 1. The predicted octanol–water partition coefficient (Wildman–Crippen LogP) is 8.35. The fraction of sp³-hybridized carbons (Fsp3) is 0.382. The van der Waals surface area contributed by atoms with E-state index in [2.05, 4.69) is 15.0 Å². The molecule has 2 aromatic heterocycles. The lowest BCUT2D eigenvalue weighted by Crippen LogP contribution is -2.44. The Labute approximate surface area is 252 Å². The molecule has 1 N–H and O–H groups in total. The average Bonchev–Trinajstić information content (AvgIpc) is 3.75. The molecule has 3 heterocycles. The first-order chi connectivity index (χ1) is 21.1. The number of ether oxygens (including phenoxy) is 1. The van der Waals surface area contributed by atoms with Crippen LogP contribution in [0.15, 0.2) is 58.6 Å². The van der Waals surface area contributed by atoms with Gasteiger partial charge in [0.25, 0.3) is 0 Å². The highest BCUT2D eigenvalue weighted by molar-refractivity contribution is 5.94. The molecule has 7 rings (SSSR count). The molecule has 1 aliphatic heterocycles. The van der Waals surface area contributed by atoms with Gasteiger partial charge in [0.2, 0.25) is 0 Å². The Balaban J connectivity index is 1.09. The van der Waals surface area contributed by atoms with E-state index in [9.17, 15) is 23.1 Å². The zero-order chi connectivity index (χ0) is 30.6. The lowest BCUT2D eigenvalue weighted by Gasteiger charge is -2.50. The number of anilines is 1. The summed E-state index contributed by atoms with van der Waals surface area (Å²) in [6.07, 6.45) is 3.30. The number of hydrogen-bond acceptors (Lipinski definition) is 6. The fourth-order valence-corrected chi connectivity index (χ4v) is 6.79. The molecule has 2 saturated carbocycles. The molecule has 1 saturated heterocycles. The predicted molar refractivity (Wildman–Crippen MR) is 160 cm³/mol. The van der Waals surface area contributed by atoms with E-state index in [1.165, 1.54) is 23.8 Å². The lowest BCUT2D eigenvalue weighted by atomic mass is 9.60. The molecule has 44 heavy (non-hydrogen) atoms. The van der Waals surface area contributed by atoms with Gasteiger partial charge in [0.1, 0.15) is 17.2 Å². The summed E-state index contributed by atoms with van der Waals surface area (Å²) in [5, 5.41) is 14.4. The summed E-state index contributed by atoms with van der Waals surface area (Å²) < 4.78 is 53.0. The number of nitrogens with zero attached hydrogens (tertiary/aromatic N) is 3. The highest BCUT2D eigenvalue weighted by atomic mass is 19.4. The third-order valence-electron chi connectivity index (χ3n) is 9.21. The van der Waals surface area contributed by atoms with Crippen molar-refractivity contribution in [2.45, 2.75) is 57.5 Å². The van der Waals surface area contributed by atoms with Crippen LogP contribution in [0.3, 0.4) is 0 Å². The van der Waals surface area contributed by atoms with Crippen LogP contribution in [0.4, 0.5) is 18.9 Å². The molecule has 0 atom stereocenters. The lowest BCUT2D eigenvalue weighted by molar-refractivity contribution is -0.137. The quantitative estimate of drug-likeness (QED) is 0.227. The molecule has 228 valence electrons. The molecule has 0 radical (unpaired) electrons. The van der Waals surface area contributed by atoms with Gasteiger partial charge in [-0.25, -0.2) is 9.78 Å². The second-order valence-corrected chi connectivity index (χ2v) is 12.2. The van der Waals surface area contributed by atoms with Crippen LogP contribution in [0.5, 0.6) is 5.75 Å². The Morgan fingerprint density at radius 2 is 1.89 bits per heavy atom. The molecular weight excluding hydrogens is 571 g/mol. The number of fused-ring (bicyclic) bond motifs is 1. The molecule has 2 aromatic carbocycles. The van der Waals surface area contributed by atoms with Gasteiger partial charge in [-0.1, -0.05) is 28.9 Å².